The maximum absolute atomic E-state index is 12.3. The van der Waals surface area contributed by atoms with Crippen LogP contribution in [0, 0.1) is 11.3 Å². The van der Waals surface area contributed by atoms with Gasteiger partial charge in [-0.2, -0.15) is 10.4 Å². The van der Waals surface area contributed by atoms with E-state index in [9.17, 15) is 20.3 Å². The smallest absolute Gasteiger partial charge is 0.323 e. The zero-order valence-electron chi connectivity index (χ0n) is 19.0. The number of anilines is 1. The van der Waals surface area contributed by atoms with E-state index in [1.807, 2.05) is 6.07 Å². The minimum absolute atomic E-state index is 0.0421. The number of aliphatic hydroxyl groups is 2. The van der Waals surface area contributed by atoms with E-state index in [0.717, 1.165) is 25.7 Å². The molecule has 34 heavy (non-hydrogen) atoms. The number of nitrogen functional groups attached to an aromatic ring is 1. The number of esters is 1. The van der Waals surface area contributed by atoms with E-state index < -0.39 is 30.0 Å². The molecule has 0 radical (unpaired) electrons. The number of nitrogens with zero attached hydrogens (tertiary/aromatic N) is 4. The summed E-state index contributed by atoms with van der Waals surface area (Å²) in [6.07, 6.45) is 2.28. The molecule has 12 nitrogen and oxygen atoms in total. The molecular weight excluding hydrogens is 444 g/mol. The number of nitriles is 1. The summed E-state index contributed by atoms with van der Waals surface area (Å²) in [5, 5.41) is 38.1. The van der Waals surface area contributed by atoms with Crippen LogP contribution < -0.4 is 11.1 Å². The molecule has 0 spiro atoms. The maximum Gasteiger partial charge on any atom is 0.323 e. The number of aliphatic hydroxyl groups excluding tert-OH is 2. The number of rotatable bonds is 8. The van der Waals surface area contributed by atoms with E-state index in [1.54, 1.807) is 19.1 Å². The Morgan fingerprint density at radius 2 is 2.18 bits per heavy atom. The number of carbonyl (C=O) groups excluding carboxylic acids is 1. The summed E-state index contributed by atoms with van der Waals surface area (Å²) in [5.74, 6) is -0.120. The van der Waals surface area contributed by atoms with Gasteiger partial charge in [0, 0.05) is 0 Å². The number of nitrogens with one attached hydrogen (secondary N) is 1. The first kappa shape index (κ1) is 24.3. The molecule has 1 aliphatic carbocycles. The van der Waals surface area contributed by atoms with E-state index in [-0.39, 0.29) is 31.2 Å². The highest BCUT2D eigenvalue weighted by atomic mass is 16.6. The lowest BCUT2D eigenvalue weighted by Gasteiger charge is -2.25. The minimum Gasteiger partial charge on any atom is -0.461 e. The van der Waals surface area contributed by atoms with E-state index in [2.05, 4.69) is 15.4 Å². The number of carbonyl (C=O) groups is 1. The molecule has 5 atom stereocenters. The number of nitrogens with two attached hydrogens (primary N) is 1. The molecule has 2 aromatic heterocycles. The van der Waals surface area contributed by atoms with Crippen molar-refractivity contribution in [2.45, 2.75) is 75.1 Å². The van der Waals surface area contributed by atoms with Crippen LogP contribution in [0.15, 0.2) is 18.5 Å². The van der Waals surface area contributed by atoms with Crippen molar-refractivity contribution in [3.63, 3.8) is 0 Å². The van der Waals surface area contributed by atoms with Gasteiger partial charge in [0.1, 0.15) is 48.4 Å². The first-order valence-corrected chi connectivity index (χ1v) is 11.4. The quantitative estimate of drug-likeness (QED) is 0.233. The van der Waals surface area contributed by atoms with Crippen molar-refractivity contribution < 1.29 is 29.2 Å². The van der Waals surface area contributed by atoms with Crippen LogP contribution in [0.25, 0.3) is 5.52 Å². The molecule has 0 bridgehead atoms. The molecule has 2 aliphatic rings. The van der Waals surface area contributed by atoms with E-state index in [0.29, 0.717) is 11.2 Å². The maximum atomic E-state index is 12.3. The number of aromatic nitrogens is 3. The van der Waals surface area contributed by atoms with Crippen LogP contribution in [0.5, 0.6) is 0 Å². The molecule has 12 heteroatoms. The Balaban J connectivity index is 1.34. The largest absolute Gasteiger partial charge is 0.461 e. The number of fused-ring (bicyclic) bond motifs is 1. The van der Waals surface area contributed by atoms with Gasteiger partial charge in [-0.1, -0.05) is 6.42 Å². The highest BCUT2D eigenvalue weighted by molar-refractivity contribution is 5.75. The molecule has 0 aromatic carbocycles. The number of hydrogen-bond donors (Lipinski definition) is 4. The van der Waals surface area contributed by atoms with Crippen molar-refractivity contribution in [2.24, 2.45) is 0 Å². The monoisotopic (exact) mass is 474 g/mol. The number of ether oxygens (including phenoxy) is 3. The molecule has 0 unspecified atom stereocenters. The molecule has 2 aromatic rings. The average Bonchev–Trinajstić information content (AvgIpc) is 3.38. The Bertz CT molecular complexity index is 1050. The topological polar surface area (TPSA) is 177 Å². The fourth-order valence-corrected chi connectivity index (χ4v) is 4.39. The van der Waals surface area contributed by atoms with E-state index in [4.69, 9.17) is 19.9 Å². The van der Waals surface area contributed by atoms with Crippen LogP contribution in [0.2, 0.25) is 0 Å². The lowest BCUT2D eigenvalue weighted by Crippen LogP contribution is -2.47. The Kier molecular flexibility index (Phi) is 7.30. The second kappa shape index (κ2) is 10.2. The van der Waals surface area contributed by atoms with Crippen LogP contribution in [-0.4, -0.2) is 74.1 Å². The van der Waals surface area contributed by atoms with Gasteiger partial charge in [0.2, 0.25) is 5.60 Å². The average molecular weight is 475 g/mol. The summed E-state index contributed by atoms with van der Waals surface area (Å²) >= 11 is 0. The lowest BCUT2D eigenvalue weighted by atomic mass is 9.96. The summed E-state index contributed by atoms with van der Waals surface area (Å²) in [5.41, 5.74) is 4.95. The molecule has 1 saturated heterocycles. The van der Waals surface area contributed by atoms with Crippen molar-refractivity contribution in [2.75, 3.05) is 19.1 Å². The summed E-state index contributed by atoms with van der Waals surface area (Å²) in [4.78, 5) is 16.2. The second-order valence-electron chi connectivity index (χ2n) is 8.79. The Morgan fingerprint density at radius 3 is 2.91 bits per heavy atom. The van der Waals surface area contributed by atoms with Gasteiger partial charge in [0.25, 0.3) is 0 Å². The first-order chi connectivity index (χ1) is 16.4. The predicted octanol–water partition coefficient (Wildman–Crippen LogP) is 0.195. The Morgan fingerprint density at radius 1 is 1.41 bits per heavy atom. The first-order valence-electron chi connectivity index (χ1n) is 11.4. The van der Waals surface area contributed by atoms with E-state index in [1.165, 1.54) is 17.3 Å². The third-order valence-electron chi connectivity index (χ3n) is 6.44. The van der Waals surface area contributed by atoms with E-state index >= 15 is 0 Å². The molecule has 5 N–H and O–H groups in total. The molecule has 2 fully saturated rings. The predicted molar refractivity (Wildman–Crippen MR) is 118 cm³/mol. The molecule has 3 heterocycles. The van der Waals surface area contributed by atoms with Gasteiger partial charge in [-0.05, 0) is 44.7 Å². The van der Waals surface area contributed by atoms with Crippen molar-refractivity contribution in [1.29, 1.82) is 5.26 Å². The van der Waals surface area contributed by atoms with Gasteiger partial charge in [-0.25, -0.2) is 9.50 Å². The van der Waals surface area contributed by atoms with Crippen molar-refractivity contribution in [3.05, 3.63) is 24.2 Å². The summed E-state index contributed by atoms with van der Waals surface area (Å²) in [6, 6.07) is 4.62. The molecular formula is C22H30N6O6. The normalized spacial score (nSPS) is 28.6. The third kappa shape index (κ3) is 4.70. The summed E-state index contributed by atoms with van der Waals surface area (Å²) in [6.45, 7) is 1.25. The standard InChI is InChI=1S/C22H30N6O6/c1-13(21(31)33-14-5-3-2-4-6-14)26-12-32-10-22(9-23)19(30)17(29)18(34-22)15-7-8-16-20(24)25-11-27-28(15)16/h7-8,11,13-14,17-19,26,29-30H,2-6,10,12H2,1H3,(H2,24,25,27)/t13-,17-,18-,19-,22+/m0/s1. The van der Waals surface area contributed by atoms with Crippen LogP contribution >= 0.6 is 0 Å². The van der Waals surface area contributed by atoms with Gasteiger partial charge >= 0.3 is 5.97 Å². The number of hydrogen-bond acceptors (Lipinski definition) is 11. The van der Waals surface area contributed by atoms with Crippen molar-refractivity contribution >= 4 is 17.3 Å². The van der Waals surface area contributed by atoms with Crippen LogP contribution in [0.4, 0.5) is 5.82 Å². The molecule has 4 rings (SSSR count). The zero-order valence-corrected chi connectivity index (χ0v) is 19.0. The Labute approximate surface area is 196 Å². The molecule has 1 saturated carbocycles. The van der Waals surface area contributed by atoms with Gasteiger partial charge in [-0.3, -0.25) is 10.1 Å². The molecule has 0 amide bonds. The van der Waals surface area contributed by atoms with Crippen LogP contribution in [0.3, 0.4) is 0 Å². The highest BCUT2D eigenvalue weighted by Crippen LogP contribution is 2.40. The van der Waals surface area contributed by atoms with Crippen LogP contribution in [0.1, 0.15) is 50.8 Å². The van der Waals surface area contributed by atoms with Crippen LogP contribution in [-0.2, 0) is 19.0 Å². The van der Waals surface area contributed by atoms with Crippen molar-refractivity contribution in [3.8, 4) is 6.07 Å². The summed E-state index contributed by atoms with van der Waals surface area (Å²) in [7, 11) is 0. The van der Waals surface area contributed by atoms with Gasteiger partial charge in [0.05, 0.1) is 19.0 Å². The molecule has 184 valence electrons. The zero-order chi connectivity index (χ0) is 24.3. The fraction of sp³-hybridized carbons (Fsp3) is 0.636. The lowest BCUT2D eigenvalue weighted by molar-refractivity contribution is -0.153. The Hall–Kier alpha value is -2.82. The van der Waals surface area contributed by atoms with Gasteiger partial charge in [0.15, 0.2) is 5.82 Å². The fourth-order valence-electron chi connectivity index (χ4n) is 4.39. The van der Waals surface area contributed by atoms with Gasteiger partial charge in [-0.15, -0.1) is 0 Å². The minimum atomic E-state index is -1.82. The highest BCUT2D eigenvalue weighted by Gasteiger charge is 2.56. The second-order valence-corrected chi connectivity index (χ2v) is 8.79. The molecule has 1 aliphatic heterocycles. The van der Waals surface area contributed by atoms with Crippen molar-refractivity contribution in [1.82, 2.24) is 19.9 Å². The third-order valence-corrected chi connectivity index (χ3v) is 6.44. The van der Waals surface area contributed by atoms with Gasteiger partial charge < -0.3 is 30.2 Å². The summed E-state index contributed by atoms with van der Waals surface area (Å²) < 4.78 is 18.3. The SMILES string of the molecule is C[C@H](NCOC[C@@]1(C#N)O[C@@H](c2ccc3c(N)ncnn23)[C@H](O)[C@@H]1O)C(=O)OC1CCCCC1.